The van der Waals surface area contributed by atoms with Crippen molar-refractivity contribution in [3.05, 3.63) is 28.8 Å². The number of rotatable bonds is 3. The van der Waals surface area contributed by atoms with Gasteiger partial charge in [-0.15, -0.1) is 0 Å². The molecule has 0 fully saturated rings. The molecular weight excluding hydrogens is 214 g/mol. The quantitative estimate of drug-likeness (QED) is 0.748. The van der Waals surface area contributed by atoms with Gasteiger partial charge in [0.2, 0.25) is 0 Å². The third-order valence-corrected chi connectivity index (χ3v) is 3.33. The fourth-order valence-electron chi connectivity index (χ4n) is 2.42. The lowest BCUT2D eigenvalue weighted by molar-refractivity contribution is -0.106. The van der Waals surface area contributed by atoms with Crippen LogP contribution in [-0.4, -0.2) is 25.7 Å². The number of aryl methyl sites for hydroxylation is 2. The van der Waals surface area contributed by atoms with Gasteiger partial charge in [-0.2, -0.15) is 0 Å². The topological polar surface area (TPSA) is 37.4 Å². The van der Waals surface area contributed by atoms with E-state index in [9.17, 15) is 9.59 Å². The van der Waals surface area contributed by atoms with Crippen molar-refractivity contribution in [2.45, 2.75) is 26.2 Å². The van der Waals surface area contributed by atoms with Crippen LogP contribution < -0.4 is 4.90 Å². The minimum absolute atomic E-state index is 0.229. The molecule has 3 nitrogen and oxygen atoms in total. The molecule has 0 amide bonds. The molecule has 2 rings (SSSR count). The highest BCUT2D eigenvalue weighted by Gasteiger charge is 2.19. The van der Waals surface area contributed by atoms with Crippen molar-refractivity contribution in [3.8, 4) is 0 Å². The predicted molar refractivity (Wildman–Crippen MR) is 67.8 cm³/mol. The standard InChI is InChI=1S/C14H17NO2/c1-10-8-11-4-3-5-14(17)12(11)9-13(10)15(2)6-7-16/h7-9H,3-6H2,1-2H3. The zero-order valence-electron chi connectivity index (χ0n) is 10.3. The summed E-state index contributed by atoms with van der Waals surface area (Å²) in [7, 11) is 1.87. The molecule has 0 aliphatic heterocycles. The SMILES string of the molecule is Cc1cc2c(cc1N(C)CC=O)C(=O)CCC2. The summed E-state index contributed by atoms with van der Waals surface area (Å²) in [5.74, 6) is 0.229. The maximum atomic E-state index is 11.8. The summed E-state index contributed by atoms with van der Waals surface area (Å²) in [6, 6.07) is 4.03. The van der Waals surface area contributed by atoms with Crippen molar-refractivity contribution < 1.29 is 9.59 Å². The van der Waals surface area contributed by atoms with Crippen molar-refractivity contribution in [1.29, 1.82) is 0 Å². The van der Waals surface area contributed by atoms with Gasteiger partial charge in [0.25, 0.3) is 0 Å². The van der Waals surface area contributed by atoms with Crippen LogP contribution in [0.4, 0.5) is 5.69 Å². The average Bonchev–Trinajstić information content (AvgIpc) is 2.29. The first-order valence-corrected chi connectivity index (χ1v) is 5.95. The van der Waals surface area contributed by atoms with Crippen molar-refractivity contribution in [1.82, 2.24) is 0 Å². The predicted octanol–water partition coefficient (Wildman–Crippen LogP) is 2.15. The Morgan fingerprint density at radius 2 is 2.12 bits per heavy atom. The molecule has 1 aromatic carbocycles. The number of carbonyl (C=O) groups excluding carboxylic acids is 2. The van der Waals surface area contributed by atoms with Gasteiger partial charge in [-0.05, 0) is 37.0 Å². The Morgan fingerprint density at radius 3 is 2.82 bits per heavy atom. The van der Waals surface area contributed by atoms with Crippen LogP contribution in [-0.2, 0) is 11.2 Å². The Hall–Kier alpha value is -1.64. The molecule has 0 atom stereocenters. The molecule has 0 spiro atoms. The molecule has 0 unspecified atom stereocenters. The van der Waals surface area contributed by atoms with E-state index in [0.29, 0.717) is 13.0 Å². The first-order chi connectivity index (χ1) is 8.13. The molecule has 90 valence electrons. The largest absolute Gasteiger partial charge is 0.367 e. The zero-order valence-corrected chi connectivity index (χ0v) is 10.3. The molecule has 0 aromatic heterocycles. The van der Waals surface area contributed by atoms with Gasteiger partial charge in [0.05, 0.1) is 6.54 Å². The van der Waals surface area contributed by atoms with Crippen LogP contribution in [0.25, 0.3) is 0 Å². The van der Waals surface area contributed by atoms with E-state index in [1.165, 1.54) is 0 Å². The van der Waals surface area contributed by atoms with Crippen LogP contribution in [0.3, 0.4) is 0 Å². The van der Waals surface area contributed by atoms with E-state index in [0.717, 1.165) is 41.5 Å². The maximum absolute atomic E-state index is 11.8. The Labute approximate surface area is 101 Å². The number of Topliss-reactive ketones (excluding diaryl/α,β-unsaturated/α-hetero) is 1. The summed E-state index contributed by atoms with van der Waals surface area (Å²) in [5.41, 5.74) is 4.10. The molecule has 0 radical (unpaired) electrons. The van der Waals surface area contributed by atoms with Crippen molar-refractivity contribution in [2.24, 2.45) is 0 Å². The number of aldehydes is 1. The fraction of sp³-hybridized carbons (Fsp3) is 0.429. The average molecular weight is 231 g/mol. The summed E-state index contributed by atoms with van der Waals surface area (Å²) in [5, 5.41) is 0. The van der Waals surface area contributed by atoms with Crippen LogP contribution in [0.2, 0.25) is 0 Å². The highest BCUT2D eigenvalue weighted by molar-refractivity contribution is 5.99. The highest BCUT2D eigenvalue weighted by atomic mass is 16.1. The summed E-state index contributed by atoms with van der Waals surface area (Å²) >= 11 is 0. The highest BCUT2D eigenvalue weighted by Crippen LogP contribution is 2.28. The van der Waals surface area contributed by atoms with E-state index in [2.05, 4.69) is 6.07 Å². The summed E-state index contributed by atoms with van der Waals surface area (Å²) in [6.45, 7) is 2.38. The monoisotopic (exact) mass is 231 g/mol. The molecule has 0 N–H and O–H groups in total. The van der Waals surface area contributed by atoms with Gasteiger partial charge < -0.3 is 9.69 Å². The van der Waals surface area contributed by atoms with Crippen molar-refractivity contribution in [3.63, 3.8) is 0 Å². The Morgan fingerprint density at radius 1 is 1.35 bits per heavy atom. The first-order valence-electron chi connectivity index (χ1n) is 5.95. The summed E-state index contributed by atoms with van der Waals surface area (Å²) in [6.07, 6.45) is 3.46. The summed E-state index contributed by atoms with van der Waals surface area (Å²) in [4.78, 5) is 24.3. The zero-order chi connectivity index (χ0) is 12.4. The minimum atomic E-state index is 0.229. The number of nitrogens with zero attached hydrogens (tertiary/aromatic N) is 1. The third-order valence-electron chi connectivity index (χ3n) is 3.33. The summed E-state index contributed by atoms with van der Waals surface area (Å²) < 4.78 is 0. The van der Waals surface area contributed by atoms with Crippen LogP contribution in [0.1, 0.15) is 34.3 Å². The van der Waals surface area contributed by atoms with Crippen molar-refractivity contribution >= 4 is 17.8 Å². The molecule has 0 bridgehead atoms. The number of ketones is 1. The van der Waals surface area contributed by atoms with Crippen LogP contribution >= 0.6 is 0 Å². The number of anilines is 1. The number of hydrogen-bond acceptors (Lipinski definition) is 3. The molecule has 3 heteroatoms. The molecule has 1 aliphatic carbocycles. The van der Waals surface area contributed by atoms with Crippen LogP contribution in [0, 0.1) is 6.92 Å². The Balaban J connectivity index is 2.44. The van der Waals surface area contributed by atoms with E-state index in [1.807, 2.05) is 24.9 Å². The lowest BCUT2D eigenvalue weighted by Gasteiger charge is -2.23. The minimum Gasteiger partial charge on any atom is -0.367 e. The molecule has 0 saturated heterocycles. The number of hydrogen-bond donors (Lipinski definition) is 0. The molecule has 1 aromatic rings. The fourth-order valence-corrected chi connectivity index (χ4v) is 2.42. The molecule has 17 heavy (non-hydrogen) atoms. The van der Waals surface area contributed by atoms with Crippen molar-refractivity contribution in [2.75, 3.05) is 18.5 Å². The molecule has 0 saturated carbocycles. The van der Waals surface area contributed by atoms with Gasteiger partial charge in [-0.25, -0.2) is 0 Å². The second kappa shape index (κ2) is 4.70. The second-order valence-electron chi connectivity index (χ2n) is 4.62. The Bertz CT molecular complexity index is 466. The van der Waals surface area contributed by atoms with E-state index < -0.39 is 0 Å². The number of fused-ring (bicyclic) bond motifs is 1. The van der Waals surface area contributed by atoms with Gasteiger partial charge in [-0.3, -0.25) is 4.79 Å². The maximum Gasteiger partial charge on any atom is 0.163 e. The van der Waals surface area contributed by atoms with E-state index in [1.54, 1.807) is 0 Å². The molecular formula is C14H17NO2. The number of likely N-dealkylation sites (N-methyl/N-ethyl adjacent to an activating group) is 1. The molecule has 1 aliphatic rings. The lowest BCUT2D eigenvalue weighted by Crippen LogP contribution is -2.22. The van der Waals surface area contributed by atoms with Gasteiger partial charge >= 0.3 is 0 Å². The van der Waals surface area contributed by atoms with E-state index in [4.69, 9.17) is 0 Å². The molecule has 0 heterocycles. The normalized spacial score (nSPS) is 14.4. The van der Waals surface area contributed by atoms with Gasteiger partial charge in [-0.1, -0.05) is 6.07 Å². The first kappa shape index (κ1) is 11.8. The smallest absolute Gasteiger partial charge is 0.163 e. The van der Waals surface area contributed by atoms with Gasteiger partial charge in [0, 0.05) is 24.7 Å². The third kappa shape index (κ3) is 2.23. The van der Waals surface area contributed by atoms with E-state index in [-0.39, 0.29) is 5.78 Å². The van der Waals surface area contributed by atoms with E-state index >= 15 is 0 Å². The van der Waals surface area contributed by atoms with Crippen LogP contribution in [0.15, 0.2) is 12.1 Å². The number of benzene rings is 1. The second-order valence-corrected chi connectivity index (χ2v) is 4.62. The lowest BCUT2D eigenvalue weighted by atomic mass is 9.88. The van der Waals surface area contributed by atoms with Crippen LogP contribution in [0.5, 0.6) is 0 Å². The number of carbonyl (C=O) groups is 2. The van der Waals surface area contributed by atoms with Gasteiger partial charge in [0.1, 0.15) is 6.29 Å². The van der Waals surface area contributed by atoms with Gasteiger partial charge in [0.15, 0.2) is 5.78 Å². The Kier molecular flexibility index (Phi) is 3.27.